The number of halogens is 1. The molecule has 2 N–H and O–H groups in total. The van der Waals surface area contributed by atoms with Gasteiger partial charge in [0.1, 0.15) is 12.4 Å². The molecule has 4 rings (SSSR count). The van der Waals surface area contributed by atoms with Gasteiger partial charge in [0.15, 0.2) is 0 Å². The van der Waals surface area contributed by atoms with Crippen LogP contribution >= 0.6 is 0 Å². The molecule has 0 radical (unpaired) electrons. The third-order valence-corrected chi connectivity index (χ3v) is 6.39. The first kappa shape index (κ1) is 24.3. The molecule has 0 saturated carbocycles. The van der Waals surface area contributed by atoms with Gasteiger partial charge < -0.3 is 15.7 Å². The molecule has 0 bridgehead atoms. The van der Waals surface area contributed by atoms with Gasteiger partial charge >= 0.3 is 0 Å². The third-order valence-electron chi connectivity index (χ3n) is 6.39. The van der Waals surface area contributed by atoms with Crippen LogP contribution in [0.3, 0.4) is 0 Å². The molecule has 0 spiro atoms. The minimum absolute atomic E-state index is 0.0446. The lowest BCUT2D eigenvalue weighted by Gasteiger charge is -2.20. The Kier molecular flexibility index (Phi) is 7.34. The van der Waals surface area contributed by atoms with Crippen molar-refractivity contribution in [2.75, 3.05) is 13.1 Å². The highest BCUT2D eigenvalue weighted by Crippen LogP contribution is 2.23. The van der Waals surface area contributed by atoms with E-state index >= 15 is 0 Å². The van der Waals surface area contributed by atoms with Gasteiger partial charge in [-0.3, -0.25) is 9.48 Å². The minimum atomic E-state index is -0.252. The Balaban J connectivity index is 1.46. The molecule has 1 fully saturated rings. The van der Waals surface area contributed by atoms with Crippen LogP contribution in [0.2, 0.25) is 0 Å². The number of nitrogens with zero attached hydrogens (tertiary/aromatic N) is 3. The first-order chi connectivity index (χ1) is 16.9. The topological polar surface area (TPSA) is 85.8 Å². The smallest absolute Gasteiger partial charge is 0.244 e. The molecule has 2 heterocycles. The highest BCUT2D eigenvalue weighted by atomic mass is 19.1. The van der Waals surface area contributed by atoms with Crippen molar-refractivity contribution in [3.8, 4) is 11.3 Å². The average Bonchev–Trinajstić information content (AvgIpc) is 3.18. The number of carbonyl (C=O) groups excluding carboxylic acids is 1. The normalized spacial score (nSPS) is 15.3. The summed E-state index contributed by atoms with van der Waals surface area (Å²) < 4.78 is 15.4. The predicted molar refractivity (Wildman–Crippen MR) is 137 cm³/mol. The highest BCUT2D eigenvalue weighted by molar-refractivity contribution is 6.12. The second-order valence-corrected chi connectivity index (χ2v) is 8.80. The number of likely N-dealkylation sites (tertiary alicyclic amines) is 1. The monoisotopic (exact) mass is 471 g/mol. The van der Waals surface area contributed by atoms with Crippen LogP contribution in [0, 0.1) is 23.6 Å². The fourth-order valence-corrected chi connectivity index (χ4v) is 4.26. The van der Waals surface area contributed by atoms with E-state index in [0.29, 0.717) is 42.9 Å². The van der Waals surface area contributed by atoms with E-state index in [0.717, 1.165) is 34.5 Å². The first-order valence-electron chi connectivity index (χ1n) is 11.9. The fraction of sp³-hybridized carbons (Fsp3) is 0.286. The molecule has 2 aromatic carbocycles. The van der Waals surface area contributed by atoms with Crippen LogP contribution in [-0.2, 0) is 17.8 Å². The van der Waals surface area contributed by atoms with Crippen molar-refractivity contribution in [2.45, 2.75) is 39.7 Å². The quantitative estimate of drug-likeness (QED) is 0.485. The van der Waals surface area contributed by atoms with Crippen LogP contribution in [0.15, 0.2) is 66.2 Å². The summed E-state index contributed by atoms with van der Waals surface area (Å²) >= 11 is 0. The molecular weight excluding hydrogens is 441 g/mol. The molecule has 35 heavy (non-hydrogen) atoms. The molecule has 180 valence electrons. The van der Waals surface area contributed by atoms with Gasteiger partial charge in [-0.05, 0) is 66.8 Å². The maximum absolute atomic E-state index is 13.7. The van der Waals surface area contributed by atoms with Crippen molar-refractivity contribution in [3.05, 3.63) is 88.9 Å². The van der Waals surface area contributed by atoms with Crippen LogP contribution in [0.1, 0.15) is 36.6 Å². The lowest BCUT2D eigenvalue weighted by molar-refractivity contribution is -0.131. The molecule has 0 aliphatic carbocycles. The van der Waals surface area contributed by atoms with Crippen molar-refractivity contribution in [3.63, 3.8) is 0 Å². The number of allylic oxidation sites excluding steroid dienone is 1. The Hall–Kier alpha value is -3.87. The number of aryl methyl sites for hydroxylation is 2. The average molecular weight is 472 g/mol. The molecule has 1 aliphatic rings. The summed E-state index contributed by atoms with van der Waals surface area (Å²) in [6.45, 7) is 4.84. The largest absolute Gasteiger partial charge is 0.340 e. The van der Waals surface area contributed by atoms with E-state index in [1.165, 1.54) is 6.07 Å². The Morgan fingerprint density at radius 3 is 2.57 bits per heavy atom. The van der Waals surface area contributed by atoms with Crippen LogP contribution in [0.5, 0.6) is 0 Å². The predicted octanol–water partition coefficient (Wildman–Crippen LogP) is 5.20. The third kappa shape index (κ3) is 5.62. The summed E-state index contributed by atoms with van der Waals surface area (Å²) in [5, 5.41) is 21.5. The molecule has 6 nitrogen and oxygen atoms in total. The fourth-order valence-electron chi connectivity index (χ4n) is 4.26. The lowest BCUT2D eigenvalue weighted by Crippen LogP contribution is -2.35. The zero-order chi connectivity index (χ0) is 24.9. The Labute approximate surface area is 205 Å². The van der Waals surface area contributed by atoms with Gasteiger partial charge in [-0.1, -0.05) is 37.3 Å². The number of amides is 1. The van der Waals surface area contributed by atoms with Crippen LogP contribution < -0.4 is 0 Å². The molecule has 1 amide bonds. The summed E-state index contributed by atoms with van der Waals surface area (Å²) in [5.74, 6) is -0.296. The van der Waals surface area contributed by atoms with Gasteiger partial charge in [0.05, 0.1) is 11.4 Å². The molecule has 1 aliphatic heterocycles. The van der Waals surface area contributed by atoms with E-state index < -0.39 is 0 Å². The van der Waals surface area contributed by atoms with Crippen molar-refractivity contribution in [1.82, 2.24) is 14.7 Å². The standard InChI is InChI=1S/C28H30FN5O/c1-3-23-17-27(22-9-10-24(29)19(2)15-22)32-34(23)18-28(35)33-13-11-21(25(30)12-14-33)16-26(31)20-7-5-4-6-8-20/h4-10,15-17,30-31H,3,11-14,18H2,1-2H3/b21-16-,30-25?,31-26?. The summed E-state index contributed by atoms with van der Waals surface area (Å²) in [4.78, 5) is 15.0. The van der Waals surface area contributed by atoms with E-state index in [1.807, 2.05) is 43.3 Å². The highest BCUT2D eigenvalue weighted by Gasteiger charge is 2.22. The van der Waals surface area contributed by atoms with Crippen LogP contribution in [0.4, 0.5) is 4.39 Å². The van der Waals surface area contributed by atoms with Gasteiger partial charge in [0.2, 0.25) is 5.91 Å². The maximum atomic E-state index is 13.7. The molecule has 0 atom stereocenters. The molecular formula is C28H30FN5O. The number of hydrogen-bond donors (Lipinski definition) is 2. The van der Waals surface area contributed by atoms with E-state index in [2.05, 4.69) is 5.10 Å². The SMILES string of the molecule is CCc1cc(-c2ccc(F)c(C)c2)nn1CC(=O)N1CCC(=N)/C(=C\C(=N)c2ccccc2)CC1. The van der Waals surface area contributed by atoms with Gasteiger partial charge in [-0.25, -0.2) is 4.39 Å². The van der Waals surface area contributed by atoms with Crippen molar-refractivity contribution >= 4 is 17.3 Å². The number of benzene rings is 2. The van der Waals surface area contributed by atoms with E-state index in [4.69, 9.17) is 10.8 Å². The van der Waals surface area contributed by atoms with Crippen LogP contribution in [-0.4, -0.2) is 45.1 Å². The van der Waals surface area contributed by atoms with Crippen molar-refractivity contribution in [1.29, 1.82) is 10.8 Å². The Morgan fingerprint density at radius 2 is 1.86 bits per heavy atom. The maximum Gasteiger partial charge on any atom is 0.244 e. The Bertz CT molecular complexity index is 1290. The molecule has 3 aromatic rings. The molecule has 1 saturated heterocycles. The second-order valence-electron chi connectivity index (χ2n) is 8.80. The van der Waals surface area contributed by atoms with Crippen LogP contribution in [0.25, 0.3) is 11.3 Å². The lowest BCUT2D eigenvalue weighted by atomic mass is 10.0. The summed E-state index contributed by atoms with van der Waals surface area (Å²) in [5.41, 5.74) is 5.50. The van der Waals surface area contributed by atoms with Gasteiger partial charge in [0, 0.05) is 36.5 Å². The summed E-state index contributed by atoms with van der Waals surface area (Å²) in [6.07, 6.45) is 3.48. The van der Waals surface area contributed by atoms with E-state index in [-0.39, 0.29) is 18.3 Å². The van der Waals surface area contributed by atoms with Gasteiger partial charge in [-0.15, -0.1) is 0 Å². The summed E-state index contributed by atoms with van der Waals surface area (Å²) in [7, 11) is 0. The first-order valence-corrected chi connectivity index (χ1v) is 11.9. The Morgan fingerprint density at radius 1 is 1.11 bits per heavy atom. The number of carbonyl (C=O) groups is 1. The zero-order valence-corrected chi connectivity index (χ0v) is 20.1. The van der Waals surface area contributed by atoms with E-state index in [1.54, 1.807) is 34.7 Å². The summed E-state index contributed by atoms with van der Waals surface area (Å²) in [6, 6.07) is 16.3. The molecule has 7 heteroatoms. The molecule has 1 aromatic heterocycles. The number of rotatable bonds is 6. The number of hydrogen-bond acceptors (Lipinski definition) is 4. The number of nitrogens with one attached hydrogen (secondary N) is 2. The zero-order valence-electron chi connectivity index (χ0n) is 20.1. The van der Waals surface area contributed by atoms with E-state index in [9.17, 15) is 9.18 Å². The van der Waals surface area contributed by atoms with Crippen molar-refractivity contribution in [2.24, 2.45) is 0 Å². The second kappa shape index (κ2) is 10.6. The van der Waals surface area contributed by atoms with Gasteiger partial charge in [0.25, 0.3) is 0 Å². The number of aromatic nitrogens is 2. The van der Waals surface area contributed by atoms with Gasteiger partial charge in [-0.2, -0.15) is 5.10 Å². The minimum Gasteiger partial charge on any atom is -0.340 e. The van der Waals surface area contributed by atoms with Crippen molar-refractivity contribution < 1.29 is 9.18 Å². The molecule has 0 unspecified atom stereocenters.